The number of nitrogens with zero attached hydrogens (tertiary/aromatic N) is 1. The molecule has 0 aliphatic heterocycles. The zero-order valence-electron chi connectivity index (χ0n) is 15.8. The minimum absolute atomic E-state index is 0.161. The van der Waals surface area contributed by atoms with Crippen molar-refractivity contribution in [2.75, 3.05) is 18.5 Å². The Morgan fingerprint density at radius 2 is 1.54 bits per heavy atom. The third-order valence-electron chi connectivity index (χ3n) is 4.68. The second-order valence-corrected chi connectivity index (χ2v) is 8.88. The van der Waals surface area contributed by atoms with Gasteiger partial charge in [0.15, 0.2) is 0 Å². The smallest absolute Gasteiger partial charge is 0.240 e. The van der Waals surface area contributed by atoms with Crippen molar-refractivity contribution >= 4 is 27.3 Å². The van der Waals surface area contributed by atoms with Gasteiger partial charge in [-0.05, 0) is 48.9 Å². The average molecular weight is 415 g/mol. The Bertz CT molecular complexity index is 1000. The van der Waals surface area contributed by atoms with E-state index in [0.717, 1.165) is 11.3 Å². The van der Waals surface area contributed by atoms with Crippen LogP contribution in [-0.4, -0.2) is 22.0 Å². The molecule has 0 radical (unpaired) electrons. The first-order valence-corrected chi connectivity index (χ1v) is 10.8. The highest BCUT2D eigenvalue weighted by Crippen LogP contribution is 2.26. The number of halogens is 1. The van der Waals surface area contributed by atoms with Crippen LogP contribution in [0.4, 0.5) is 5.69 Å². The molecule has 1 atom stereocenters. The number of nitrogens with one attached hydrogen (secondary N) is 1. The van der Waals surface area contributed by atoms with Gasteiger partial charge in [0.05, 0.1) is 10.9 Å². The molecule has 0 saturated carbocycles. The van der Waals surface area contributed by atoms with Crippen LogP contribution >= 0.6 is 11.6 Å². The van der Waals surface area contributed by atoms with Crippen LogP contribution in [0.3, 0.4) is 0 Å². The van der Waals surface area contributed by atoms with Crippen LogP contribution in [0.1, 0.15) is 17.2 Å². The molecule has 0 saturated heterocycles. The maximum absolute atomic E-state index is 12.7. The molecule has 3 aromatic carbocycles. The number of anilines is 1. The fraction of sp³-hybridized carbons (Fsp3) is 0.182. The maximum atomic E-state index is 12.7. The van der Waals surface area contributed by atoms with E-state index >= 15 is 0 Å². The first-order chi connectivity index (χ1) is 13.4. The van der Waals surface area contributed by atoms with Gasteiger partial charge in [-0.15, -0.1) is 0 Å². The minimum Gasteiger partial charge on any atom is -0.366 e. The van der Waals surface area contributed by atoms with Crippen molar-refractivity contribution in [2.45, 2.75) is 17.9 Å². The summed E-state index contributed by atoms with van der Waals surface area (Å²) in [6, 6.07) is 24.0. The van der Waals surface area contributed by atoms with Gasteiger partial charge in [0, 0.05) is 24.3 Å². The van der Waals surface area contributed by atoms with Crippen molar-refractivity contribution in [3.63, 3.8) is 0 Å². The van der Waals surface area contributed by atoms with E-state index < -0.39 is 10.0 Å². The van der Waals surface area contributed by atoms with E-state index in [1.807, 2.05) is 68.6 Å². The lowest BCUT2D eigenvalue weighted by atomic mass is 10.0. The molecular formula is C22H23ClN2O2S. The number of likely N-dealkylation sites (N-methyl/N-ethyl adjacent to an activating group) is 1. The fourth-order valence-electron chi connectivity index (χ4n) is 3.00. The van der Waals surface area contributed by atoms with Crippen LogP contribution in [0, 0.1) is 6.92 Å². The van der Waals surface area contributed by atoms with Crippen molar-refractivity contribution < 1.29 is 8.42 Å². The Morgan fingerprint density at radius 3 is 2.14 bits per heavy atom. The van der Waals surface area contributed by atoms with Crippen molar-refractivity contribution in [3.05, 3.63) is 95.0 Å². The van der Waals surface area contributed by atoms with Gasteiger partial charge >= 0.3 is 0 Å². The molecule has 1 N–H and O–H groups in total. The van der Waals surface area contributed by atoms with E-state index in [4.69, 9.17) is 11.6 Å². The molecule has 3 aromatic rings. The number of benzene rings is 3. The van der Waals surface area contributed by atoms with Gasteiger partial charge in [0.1, 0.15) is 0 Å². The summed E-state index contributed by atoms with van der Waals surface area (Å²) in [7, 11) is -1.67. The summed E-state index contributed by atoms with van der Waals surface area (Å²) in [5, 5.41) is 0.500. The Balaban J connectivity index is 1.85. The molecule has 0 aliphatic rings. The Labute approximate surface area is 171 Å². The first kappa shape index (κ1) is 20.4. The van der Waals surface area contributed by atoms with E-state index in [1.54, 1.807) is 12.1 Å². The average Bonchev–Trinajstić information content (AvgIpc) is 2.69. The number of sulfonamides is 1. The monoisotopic (exact) mass is 414 g/mol. The van der Waals surface area contributed by atoms with Gasteiger partial charge in [-0.3, -0.25) is 0 Å². The highest BCUT2D eigenvalue weighted by molar-refractivity contribution is 7.89. The molecule has 0 amide bonds. The molecule has 6 heteroatoms. The van der Waals surface area contributed by atoms with E-state index in [9.17, 15) is 8.42 Å². The molecule has 3 rings (SSSR count). The molecule has 28 heavy (non-hydrogen) atoms. The van der Waals surface area contributed by atoms with Gasteiger partial charge in [0.2, 0.25) is 10.0 Å². The highest BCUT2D eigenvalue weighted by atomic mass is 35.5. The summed E-state index contributed by atoms with van der Waals surface area (Å²) in [4.78, 5) is 2.28. The zero-order valence-corrected chi connectivity index (χ0v) is 17.4. The largest absolute Gasteiger partial charge is 0.366 e. The SMILES string of the molecule is Cc1ccc(N(C)[C@H](CNS(=O)(=O)c2ccc(Cl)cc2)c2ccccc2)cc1. The lowest BCUT2D eigenvalue weighted by Gasteiger charge is -2.31. The summed E-state index contributed by atoms with van der Waals surface area (Å²) in [6.45, 7) is 2.28. The van der Waals surface area contributed by atoms with Crippen molar-refractivity contribution in [2.24, 2.45) is 0 Å². The normalized spacial score (nSPS) is 12.5. The molecule has 4 nitrogen and oxygen atoms in total. The molecule has 146 valence electrons. The first-order valence-electron chi connectivity index (χ1n) is 8.96. The summed E-state index contributed by atoms with van der Waals surface area (Å²) >= 11 is 5.87. The van der Waals surface area contributed by atoms with Crippen LogP contribution in [0.2, 0.25) is 5.02 Å². The molecule has 0 aromatic heterocycles. The maximum Gasteiger partial charge on any atom is 0.240 e. The fourth-order valence-corrected chi connectivity index (χ4v) is 4.16. The summed E-state index contributed by atoms with van der Waals surface area (Å²) in [6.07, 6.45) is 0. The van der Waals surface area contributed by atoms with Crippen molar-refractivity contribution in [1.29, 1.82) is 0 Å². The molecule has 0 bridgehead atoms. The van der Waals surface area contributed by atoms with Gasteiger partial charge in [0.25, 0.3) is 0 Å². The molecule has 0 aliphatic carbocycles. The standard InChI is InChI=1S/C22H23ClN2O2S/c1-17-8-12-20(13-9-17)25(2)22(18-6-4-3-5-7-18)16-24-28(26,27)21-14-10-19(23)11-15-21/h3-15,22,24H,16H2,1-2H3/t22-/m1/s1. The van der Waals surface area contributed by atoms with Crippen LogP contribution in [-0.2, 0) is 10.0 Å². The predicted molar refractivity (Wildman–Crippen MR) is 115 cm³/mol. The molecule has 0 fully saturated rings. The minimum atomic E-state index is -3.64. The van der Waals surface area contributed by atoms with Crippen molar-refractivity contribution in [1.82, 2.24) is 4.72 Å². The zero-order chi connectivity index (χ0) is 20.1. The second-order valence-electron chi connectivity index (χ2n) is 6.68. The molecule has 0 heterocycles. The van der Waals surface area contributed by atoms with Crippen LogP contribution in [0.25, 0.3) is 0 Å². The van der Waals surface area contributed by atoms with Crippen molar-refractivity contribution in [3.8, 4) is 0 Å². The lowest BCUT2D eigenvalue weighted by molar-refractivity contribution is 0.567. The van der Waals surface area contributed by atoms with Crippen LogP contribution in [0.5, 0.6) is 0 Å². The van der Waals surface area contributed by atoms with Gasteiger partial charge in [-0.25, -0.2) is 13.1 Å². The van der Waals surface area contributed by atoms with Crippen LogP contribution < -0.4 is 9.62 Å². The quantitative estimate of drug-likeness (QED) is 0.603. The third-order valence-corrected chi connectivity index (χ3v) is 6.38. The highest BCUT2D eigenvalue weighted by Gasteiger charge is 2.21. The Kier molecular flexibility index (Phi) is 6.39. The van der Waals surface area contributed by atoms with Gasteiger partial charge in [-0.2, -0.15) is 0 Å². The predicted octanol–water partition coefficient (Wildman–Crippen LogP) is 4.80. The Hall–Kier alpha value is -2.34. The number of rotatable bonds is 7. The van der Waals surface area contributed by atoms with Crippen LogP contribution in [0.15, 0.2) is 83.8 Å². The van der Waals surface area contributed by atoms with E-state index in [2.05, 4.69) is 9.62 Å². The molecule has 0 spiro atoms. The third kappa shape index (κ3) is 4.93. The van der Waals surface area contributed by atoms with Gasteiger partial charge < -0.3 is 4.90 Å². The number of hydrogen-bond donors (Lipinski definition) is 1. The summed E-state index contributed by atoms with van der Waals surface area (Å²) in [5.74, 6) is 0. The van der Waals surface area contributed by atoms with Gasteiger partial charge in [-0.1, -0.05) is 59.6 Å². The topological polar surface area (TPSA) is 49.4 Å². The molecular weight excluding hydrogens is 392 g/mol. The summed E-state index contributed by atoms with van der Waals surface area (Å²) < 4.78 is 28.2. The number of hydrogen-bond acceptors (Lipinski definition) is 3. The molecule has 0 unspecified atom stereocenters. The van der Waals surface area contributed by atoms with E-state index in [1.165, 1.54) is 17.7 Å². The number of aryl methyl sites for hydroxylation is 1. The lowest BCUT2D eigenvalue weighted by Crippen LogP contribution is -2.36. The van der Waals surface area contributed by atoms with E-state index in [-0.39, 0.29) is 17.5 Å². The summed E-state index contributed by atoms with van der Waals surface area (Å²) in [5.41, 5.74) is 3.23. The second kappa shape index (κ2) is 8.78. The Morgan fingerprint density at radius 1 is 0.929 bits per heavy atom. The van der Waals surface area contributed by atoms with E-state index in [0.29, 0.717) is 5.02 Å².